The first-order valence-electron chi connectivity index (χ1n) is 15.9. The van der Waals surface area contributed by atoms with Crippen LogP contribution in [0.3, 0.4) is 0 Å². The van der Waals surface area contributed by atoms with Crippen LogP contribution in [0.4, 0.5) is 10.5 Å². The number of anilines is 1. The van der Waals surface area contributed by atoms with Crippen molar-refractivity contribution in [1.29, 1.82) is 0 Å². The zero-order valence-corrected chi connectivity index (χ0v) is 28.8. The minimum absolute atomic E-state index is 0.0714. The maximum absolute atomic E-state index is 13.5. The molecule has 0 radical (unpaired) electrons. The van der Waals surface area contributed by atoms with Crippen molar-refractivity contribution in [1.82, 2.24) is 9.88 Å². The first kappa shape index (κ1) is 34.5. The van der Waals surface area contributed by atoms with Gasteiger partial charge in [-0.25, -0.2) is 13.2 Å². The van der Waals surface area contributed by atoms with Crippen LogP contribution in [0, 0.1) is 6.92 Å². The summed E-state index contributed by atoms with van der Waals surface area (Å²) in [6, 6.07) is 28.6. The number of aromatic amines is 1. The van der Waals surface area contributed by atoms with Gasteiger partial charge in [0.25, 0.3) is 10.0 Å². The van der Waals surface area contributed by atoms with Crippen molar-refractivity contribution in [3.05, 3.63) is 126 Å². The number of nitrogens with one attached hydrogen (secondary N) is 2. The number of para-hydroxylation sites is 1. The van der Waals surface area contributed by atoms with Crippen LogP contribution in [0.15, 0.2) is 108 Å². The van der Waals surface area contributed by atoms with Gasteiger partial charge in [0.1, 0.15) is 18.0 Å². The fraction of sp³-hybridized carbons (Fsp3) is 0.289. The molecular weight excluding hydrogens is 627 g/mol. The van der Waals surface area contributed by atoms with Crippen LogP contribution in [0.25, 0.3) is 10.9 Å². The highest BCUT2D eigenvalue weighted by molar-refractivity contribution is 7.92. The third-order valence-electron chi connectivity index (χ3n) is 7.90. The van der Waals surface area contributed by atoms with E-state index in [1.807, 2.05) is 68.6 Å². The van der Waals surface area contributed by atoms with E-state index in [-0.39, 0.29) is 17.5 Å². The summed E-state index contributed by atoms with van der Waals surface area (Å²) < 4.78 is 40.5. The Labute approximate surface area is 282 Å². The second-order valence-corrected chi connectivity index (χ2v) is 14.7. The average molecular weight is 670 g/mol. The smallest absolute Gasteiger partial charge is 0.410 e. The van der Waals surface area contributed by atoms with Gasteiger partial charge in [-0.15, -0.1) is 0 Å². The maximum atomic E-state index is 13.5. The lowest BCUT2D eigenvalue weighted by atomic mass is 10.0. The summed E-state index contributed by atoms with van der Waals surface area (Å²) in [4.78, 5) is 18.5. The van der Waals surface area contributed by atoms with E-state index in [1.165, 1.54) is 4.90 Å². The predicted octanol–water partition coefficient (Wildman–Crippen LogP) is 7.76. The fourth-order valence-corrected chi connectivity index (χ4v) is 6.47. The molecule has 3 N–H and O–H groups in total. The van der Waals surface area contributed by atoms with Gasteiger partial charge >= 0.3 is 6.09 Å². The summed E-state index contributed by atoms with van der Waals surface area (Å²) in [7, 11) is -3.84. The van der Waals surface area contributed by atoms with Gasteiger partial charge in [-0.05, 0) is 88.1 Å². The van der Waals surface area contributed by atoms with E-state index in [4.69, 9.17) is 9.47 Å². The predicted molar refractivity (Wildman–Crippen MR) is 189 cm³/mol. The Kier molecular flexibility index (Phi) is 10.5. The number of ether oxygens (including phenoxy) is 2. The molecule has 5 rings (SSSR count). The minimum atomic E-state index is -3.84. The monoisotopic (exact) mass is 669 g/mol. The molecule has 1 aromatic heterocycles. The van der Waals surface area contributed by atoms with Crippen molar-refractivity contribution in [2.24, 2.45) is 0 Å². The lowest BCUT2D eigenvalue weighted by Crippen LogP contribution is -2.45. The SMILES string of the molecule is Cc1ccc(S(=O)(=O)Nc2cccc([C@@H](O)CN(C(=O)OC(C)(C)C)[C@H](C)Cc3c[nH]c4c(OCc5ccccc5)cccc34)c2)cc1. The van der Waals surface area contributed by atoms with Crippen LogP contribution in [0.5, 0.6) is 5.75 Å². The van der Waals surface area contributed by atoms with Gasteiger partial charge in [0.15, 0.2) is 0 Å². The molecule has 1 amide bonds. The summed E-state index contributed by atoms with van der Waals surface area (Å²) in [5.74, 6) is 0.729. The lowest BCUT2D eigenvalue weighted by molar-refractivity contribution is 0.00550. The number of aryl methyl sites for hydroxylation is 1. The number of sulfonamides is 1. The molecule has 252 valence electrons. The van der Waals surface area contributed by atoms with Gasteiger partial charge in [0, 0.05) is 23.3 Å². The Morgan fingerprint density at radius 1 is 0.958 bits per heavy atom. The average Bonchev–Trinajstić information content (AvgIpc) is 3.45. The first-order chi connectivity index (χ1) is 22.8. The first-order valence-corrected chi connectivity index (χ1v) is 17.4. The second-order valence-electron chi connectivity index (χ2n) is 13.0. The van der Waals surface area contributed by atoms with Gasteiger partial charge in [-0.2, -0.15) is 0 Å². The number of hydrogen-bond donors (Lipinski definition) is 3. The molecule has 0 aliphatic rings. The van der Waals surface area contributed by atoms with E-state index in [0.29, 0.717) is 24.3 Å². The molecule has 0 fully saturated rings. The number of benzene rings is 4. The van der Waals surface area contributed by atoms with Gasteiger partial charge in [0.2, 0.25) is 0 Å². The molecule has 0 spiro atoms. The summed E-state index contributed by atoms with van der Waals surface area (Å²) in [5.41, 5.74) is 3.86. The van der Waals surface area contributed by atoms with E-state index in [9.17, 15) is 18.3 Å². The van der Waals surface area contributed by atoms with Gasteiger partial charge in [-0.3, -0.25) is 4.72 Å². The highest BCUT2D eigenvalue weighted by Gasteiger charge is 2.29. The van der Waals surface area contributed by atoms with Crippen LogP contribution in [-0.4, -0.2) is 47.7 Å². The normalized spacial score (nSPS) is 13.1. The van der Waals surface area contributed by atoms with E-state index < -0.39 is 27.8 Å². The standard InChI is InChI=1S/C38H43N3O6S/c1-26-17-19-32(20-18-26)48(44,45)40-31-14-9-13-29(22-31)34(42)24-41(37(43)47-38(3,4)5)27(2)21-30-23-39-36-33(30)15-10-16-35(36)46-25-28-11-7-6-8-12-28/h6-20,22-23,27,34,39-40,42H,21,24-25H2,1-5H3/t27-,34+/m1/s1. The molecule has 9 nitrogen and oxygen atoms in total. The Morgan fingerprint density at radius 2 is 1.67 bits per heavy atom. The number of carbonyl (C=O) groups is 1. The molecule has 1 heterocycles. The Bertz CT molecular complexity index is 1950. The van der Waals surface area contributed by atoms with Crippen LogP contribution < -0.4 is 9.46 Å². The molecule has 4 aromatic carbocycles. The summed E-state index contributed by atoms with van der Waals surface area (Å²) in [6.45, 7) is 9.55. The molecule has 48 heavy (non-hydrogen) atoms. The summed E-state index contributed by atoms with van der Waals surface area (Å²) >= 11 is 0. The van der Waals surface area contributed by atoms with Gasteiger partial charge in [0.05, 0.1) is 23.1 Å². The van der Waals surface area contributed by atoms with Gasteiger partial charge < -0.3 is 24.5 Å². The van der Waals surface area contributed by atoms with E-state index in [1.54, 1.807) is 69.3 Å². The van der Waals surface area contributed by atoms with Crippen molar-refractivity contribution >= 4 is 32.7 Å². The van der Waals surface area contributed by atoms with Crippen molar-refractivity contribution in [2.75, 3.05) is 11.3 Å². The van der Waals surface area contributed by atoms with Gasteiger partial charge in [-0.1, -0.05) is 72.3 Å². The van der Waals surface area contributed by atoms with Crippen molar-refractivity contribution in [2.45, 2.75) is 70.3 Å². The highest BCUT2D eigenvalue weighted by Crippen LogP contribution is 2.30. The minimum Gasteiger partial charge on any atom is -0.487 e. The number of carbonyl (C=O) groups excluding carboxylic acids is 1. The van der Waals surface area contributed by atoms with E-state index in [2.05, 4.69) is 9.71 Å². The molecule has 5 aromatic rings. The third-order valence-corrected chi connectivity index (χ3v) is 9.30. The third kappa shape index (κ3) is 8.76. The van der Waals surface area contributed by atoms with Crippen molar-refractivity contribution < 1.29 is 27.8 Å². The number of hydrogen-bond acceptors (Lipinski definition) is 6. The number of rotatable bonds is 12. The molecule has 0 aliphatic carbocycles. The zero-order chi connectivity index (χ0) is 34.5. The van der Waals surface area contributed by atoms with Crippen LogP contribution in [0.2, 0.25) is 0 Å². The lowest BCUT2D eigenvalue weighted by Gasteiger charge is -2.33. The number of aromatic nitrogens is 1. The molecule has 0 unspecified atom stereocenters. The number of H-pyrrole nitrogens is 1. The van der Waals surface area contributed by atoms with Crippen LogP contribution in [-0.2, 0) is 27.8 Å². The summed E-state index contributed by atoms with van der Waals surface area (Å²) in [5, 5.41) is 12.4. The Balaban J connectivity index is 1.34. The Hall–Kier alpha value is -4.80. The maximum Gasteiger partial charge on any atom is 0.410 e. The zero-order valence-electron chi connectivity index (χ0n) is 27.9. The van der Waals surface area contributed by atoms with E-state index in [0.717, 1.165) is 33.3 Å². The van der Waals surface area contributed by atoms with Crippen LogP contribution in [0.1, 0.15) is 56.1 Å². The second kappa shape index (κ2) is 14.5. The molecule has 2 atom stereocenters. The largest absolute Gasteiger partial charge is 0.487 e. The molecule has 0 saturated heterocycles. The number of fused-ring (bicyclic) bond motifs is 1. The number of aliphatic hydroxyl groups is 1. The highest BCUT2D eigenvalue weighted by atomic mass is 32.2. The topological polar surface area (TPSA) is 121 Å². The van der Waals surface area contributed by atoms with Crippen molar-refractivity contribution in [3.8, 4) is 5.75 Å². The molecular formula is C38H43N3O6S. The summed E-state index contributed by atoms with van der Waals surface area (Å²) in [6.07, 6.45) is 0.718. The Morgan fingerprint density at radius 3 is 2.38 bits per heavy atom. The number of aliphatic hydroxyl groups excluding tert-OH is 1. The fourth-order valence-electron chi connectivity index (χ4n) is 5.43. The molecule has 0 aliphatic heterocycles. The molecule has 0 bridgehead atoms. The van der Waals surface area contributed by atoms with E-state index >= 15 is 0 Å². The molecule has 0 saturated carbocycles. The quantitative estimate of drug-likeness (QED) is 0.125. The van der Waals surface area contributed by atoms with Crippen LogP contribution >= 0.6 is 0 Å². The number of nitrogens with zero attached hydrogens (tertiary/aromatic N) is 1. The molecule has 10 heteroatoms. The number of amides is 1. The van der Waals surface area contributed by atoms with Crippen molar-refractivity contribution in [3.63, 3.8) is 0 Å².